The predicted octanol–water partition coefficient (Wildman–Crippen LogP) is 2.36. The summed E-state index contributed by atoms with van der Waals surface area (Å²) in [6.45, 7) is 9.25. The Balaban J connectivity index is 3.46. The number of aliphatic hydroxyl groups excluding tert-OH is 1. The first kappa shape index (κ1) is 15.4. The molecule has 0 amide bonds. The summed E-state index contributed by atoms with van der Waals surface area (Å²) in [5.74, 6) is 0. The van der Waals surface area contributed by atoms with Crippen LogP contribution in [0.2, 0.25) is 0 Å². The van der Waals surface area contributed by atoms with Gasteiger partial charge in [-0.2, -0.15) is 0 Å². The molecule has 0 atom stereocenters. The van der Waals surface area contributed by atoms with Crippen LogP contribution in [-0.2, 0) is 9.57 Å². The third-order valence-electron chi connectivity index (χ3n) is 1.73. The van der Waals surface area contributed by atoms with Crippen LogP contribution >= 0.6 is 0 Å². The quantitative estimate of drug-likeness (QED) is 0.396. The predicted molar refractivity (Wildman–Crippen MR) is 65.7 cm³/mol. The molecule has 0 aromatic rings. The van der Waals surface area contributed by atoms with Gasteiger partial charge in [0.2, 0.25) is 0 Å². The summed E-state index contributed by atoms with van der Waals surface area (Å²) in [5, 5.41) is 12.6. The molecule has 0 aromatic heterocycles. The highest BCUT2D eigenvalue weighted by Gasteiger charge is 2.10. The van der Waals surface area contributed by atoms with Gasteiger partial charge in [0.05, 0.1) is 12.3 Å². The largest absolute Gasteiger partial charge is 0.396 e. The SMILES string of the molecule is CC(COCCCCCO)=NOC(C)(C)C. The first-order chi connectivity index (χ1) is 7.45. The smallest absolute Gasteiger partial charge is 0.129 e. The van der Waals surface area contributed by atoms with Gasteiger partial charge >= 0.3 is 0 Å². The maximum Gasteiger partial charge on any atom is 0.129 e. The van der Waals surface area contributed by atoms with Gasteiger partial charge in [-0.1, -0.05) is 5.16 Å². The van der Waals surface area contributed by atoms with E-state index in [1.165, 1.54) is 0 Å². The van der Waals surface area contributed by atoms with Gasteiger partial charge in [-0.25, -0.2) is 0 Å². The average Bonchev–Trinajstić information content (AvgIpc) is 2.19. The minimum atomic E-state index is -0.248. The van der Waals surface area contributed by atoms with E-state index in [4.69, 9.17) is 14.7 Å². The third kappa shape index (κ3) is 11.5. The van der Waals surface area contributed by atoms with Crippen LogP contribution in [0.4, 0.5) is 0 Å². The minimum Gasteiger partial charge on any atom is -0.396 e. The fraction of sp³-hybridized carbons (Fsp3) is 0.917. The Morgan fingerprint density at radius 2 is 1.88 bits per heavy atom. The van der Waals surface area contributed by atoms with Gasteiger partial charge in [0.1, 0.15) is 5.60 Å². The Morgan fingerprint density at radius 3 is 2.44 bits per heavy atom. The second-order valence-corrected chi connectivity index (χ2v) is 4.87. The Labute approximate surface area is 98.6 Å². The molecule has 0 spiro atoms. The lowest BCUT2D eigenvalue weighted by atomic mass is 10.2. The number of hydrogen-bond donors (Lipinski definition) is 1. The lowest BCUT2D eigenvalue weighted by Crippen LogP contribution is -2.17. The van der Waals surface area contributed by atoms with Crippen molar-refractivity contribution in [3.63, 3.8) is 0 Å². The summed E-state index contributed by atoms with van der Waals surface area (Å²) in [6.07, 6.45) is 2.84. The highest BCUT2D eigenvalue weighted by molar-refractivity contribution is 5.82. The van der Waals surface area contributed by atoms with Crippen molar-refractivity contribution in [2.45, 2.75) is 52.6 Å². The van der Waals surface area contributed by atoms with E-state index in [0.29, 0.717) is 13.2 Å². The lowest BCUT2D eigenvalue weighted by Gasteiger charge is -2.16. The van der Waals surface area contributed by atoms with Crippen LogP contribution in [0.15, 0.2) is 5.16 Å². The molecule has 0 saturated heterocycles. The van der Waals surface area contributed by atoms with Crippen molar-refractivity contribution in [3.8, 4) is 0 Å². The molecule has 0 bridgehead atoms. The second-order valence-electron chi connectivity index (χ2n) is 4.87. The van der Waals surface area contributed by atoms with Gasteiger partial charge < -0.3 is 14.7 Å². The van der Waals surface area contributed by atoms with Crippen molar-refractivity contribution < 1.29 is 14.7 Å². The minimum absolute atomic E-state index is 0.248. The molecule has 0 heterocycles. The molecule has 0 aliphatic rings. The van der Waals surface area contributed by atoms with Crippen molar-refractivity contribution in [2.75, 3.05) is 19.8 Å². The van der Waals surface area contributed by atoms with E-state index in [-0.39, 0.29) is 12.2 Å². The van der Waals surface area contributed by atoms with Crippen molar-refractivity contribution in [1.82, 2.24) is 0 Å². The fourth-order valence-electron chi connectivity index (χ4n) is 0.954. The van der Waals surface area contributed by atoms with E-state index in [0.717, 1.165) is 25.0 Å². The van der Waals surface area contributed by atoms with Gasteiger partial charge in [0.15, 0.2) is 0 Å². The molecule has 0 unspecified atom stereocenters. The first-order valence-electron chi connectivity index (χ1n) is 5.86. The number of unbranched alkanes of at least 4 members (excludes halogenated alkanes) is 2. The number of oxime groups is 1. The molecule has 96 valence electrons. The molecule has 0 aliphatic heterocycles. The molecular weight excluding hydrogens is 206 g/mol. The van der Waals surface area contributed by atoms with Crippen LogP contribution in [0.5, 0.6) is 0 Å². The molecule has 4 heteroatoms. The summed E-state index contributed by atoms with van der Waals surface area (Å²) >= 11 is 0. The molecule has 0 aromatic carbocycles. The Morgan fingerprint density at radius 1 is 1.19 bits per heavy atom. The standard InChI is InChI=1S/C12H25NO3/c1-11(13-16-12(2,3)4)10-15-9-7-5-6-8-14/h14H,5-10H2,1-4H3. The van der Waals surface area contributed by atoms with Crippen molar-refractivity contribution in [1.29, 1.82) is 0 Å². The van der Waals surface area contributed by atoms with Crippen LogP contribution in [0.3, 0.4) is 0 Å². The van der Waals surface area contributed by atoms with E-state index in [1.54, 1.807) is 0 Å². The Kier molecular flexibility index (Phi) is 8.21. The summed E-state index contributed by atoms with van der Waals surface area (Å²) in [4.78, 5) is 5.26. The molecule has 0 aliphatic carbocycles. The zero-order valence-electron chi connectivity index (χ0n) is 11.0. The normalized spacial score (nSPS) is 12.9. The summed E-state index contributed by atoms with van der Waals surface area (Å²) in [7, 11) is 0. The third-order valence-corrected chi connectivity index (χ3v) is 1.73. The van der Waals surface area contributed by atoms with Crippen molar-refractivity contribution in [2.24, 2.45) is 5.16 Å². The first-order valence-corrected chi connectivity index (χ1v) is 5.86. The van der Waals surface area contributed by atoms with Gasteiger partial charge in [-0.15, -0.1) is 0 Å². The molecule has 0 rings (SSSR count). The van der Waals surface area contributed by atoms with E-state index < -0.39 is 0 Å². The molecule has 4 nitrogen and oxygen atoms in total. The Bertz CT molecular complexity index is 197. The van der Waals surface area contributed by atoms with Gasteiger partial charge in [-0.3, -0.25) is 0 Å². The number of rotatable bonds is 8. The molecule has 0 radical (unpaired) electrons. The number of hydrogen-bond acceptors (Lipinski definition) is 4. The summed E-state index contributed by atoms with van der Waals surface area (Å²) in [5.41, 5.74) is 0.597. The zero-order chi connectivity index (χ0) is 12.4. The average molecular weight is 231 g/mol. The maximum absolute atomic E-state index is 8.58. The van der Waals surface area contributed by atoms with Gasteiger partial charge in [-0.05, 0) is 47.0 Å². The van der Waals surface area contributed by atoms with E-state index in [1.807, 2.05) is 27.7 Å². The summed E-state index contributed by atoms with van der Waals surface area (Å²) < 4.78 is 5.41. The van der Waals surface area contributed by atoms with Crippen molar-refractivity contribution in [3.05, 3.63) is 0 Å². The highest BCUT2D eigenvalue weighted by atomic mass is 16.6. The fourth-order valence-corrected chi connectivity index (χ4v) is 0.954. The van der Waals surface area contributed by atoms with Crippen LogP contribution < -0.4 is 0 Å². The zero-order valence-corrected chi connectivity index (χ0v) is 11.0. The van der Waals surface area contributed by atoms with Crippen molar-refractivity contribution >= 4 is 5.71 Å². The maximum atomic E-state index is 8.58. The monoisotopic (exact) mass is 231 g/mol. The van der Waals surface area contributed by atoms with Gasteiger partial charge in [0.25, 0.3) is 0 Å². The second kappa shape index (κ2) is 8.53. The molecule has 1 N–H and O–H groups in total. The lowest BCUT2D eigenvalue weighted by molar-refractivity contribution is -0.000648. The van der Waals surface area contributed by atoms with Gasteiger partial charge in [0, 0.05) is 13.2 Å². The van der Waals surface area contributed by atoms with E-state index in [2.05, 4.69) is 5.16 Å². The number of ether oxygens (including phenoxy) is 1. The van der Waals surface area contributed by atoms with E-state index >= 15 is 0 Å². The molecular formula is C12H25NO3. The van der Waals surface area contributed by atoms with Crippen LogP contribution in [0, 0.1) is 0 Å². The number of nitrogens with zero attached hydrogens (tertiary/aromatic N) is 1. The Hall–Kier alpha value is -0.610. The molecule has 16 heavy (non-hydrogen) atoms. The van der Waals surface area contributed by atoms with E-state index in [9.17, 15) is 0 Å². The number of aliphatic hydroxyl groups is 1. The van der Waals surface area contributed by atoms with Crippen LogP contribution in [0.1, 0.15) is 47.0 Å². The van der Waals surface area contributed by atoms with Crippen LogP contribution in [0.25, 0.3) is 0 Å². The summed E-state index contributed by atoms with van der Waals surface area (Å²) in [6, 6.07) is 0. The molecule has 0 saturated carbocycles. The topological polar surface area (TPSA) is 51.0 Å². The molecule has 0 fully saturated rings. The van der Waals surface area contributed by atoms with Crippen LogP contribution in [-0.4, -0.2) is 36.2 Å². The highest BCUT2D eigenvalue weighted by Crippen LogP contribution is 2.06.